The maximum absolute atomic E-state index is 12.5. The summed E-state index contributed by atoms with van der Waals surface area (Å²) < 4.78 is 5.72. The Kier molecular flexibility index (Phi) is 8.05. The number of nitrogens with zero attached hydrogens (tertiary/aromatic N) is 3. The number of nitrogens with one attached hydrogen (secondary N) is 1. The van der Waals surface area contributed by atoms with Gasteiger partial charge in [-0.15, -0.1) is 10.2 Å². The van der Waals surface area contributed by atoms with Crippen LogP contribution in [0, 0.1) is 5.92 Å². The molecule has 1 heterocycles. The molecule has 0 saturated heterocycles. The molecule has 0 fully saturated rings. The van der Waals surface area contributed by atoms with Gasteiger partial charge in [-0.2, -0.15) is 0 Å². The number of benzene rings is 2. The molecule has 0 atom stereocenters. The van der Waals surface area contributed by atoms with Crippen LogP contribution in [0.5, 0.6) is 0 Å². The Morgan fingerprint density at radius 1 is 1.00 bits per heavy atom. The van der Waals surface area contributed by atoms with E-state index in [-0.39, 0.29) is 23.4 Å². The molecule has 1 aromatic heterocycles. The molecule has 0 bridgehead atoms. The SMILES string of the molecule is CCN(CC)c1ccc(-c2nnc(SCC(=O)c3ccc(NC(=O)C(C)C)cc3)o2)cc1. The summed E-state index contributed by atoms with van der Waals surface area (Å²) in [7, 11) is 0. The molecule has 168 valence electrons. The topological polar surface area (TPSA) is 88.3 Å². The predicted octanol–water partition coefficient (Wildman–Crippen LogP) is 5.15. The summed E-state index contributed by atoms with van der Waals surface area (Å²) in [6, 6.07) is 14.9. The number of thioether (sulfide) groups is 1. The number of hydrogen-bond donors (Lipinski definition) is 1. The lowest BCUT2D eigenvalue weighted by Gasteiger charge is -2.20. The highest BCUT2D eigenvalue weighted by molar-refractivity contribution is 7.99. The van der Waals surface area contributed by atoms with Gasteiger partial charge in [0.15, 0.2) is 5.78 Å². The maximum Gasteiger partial charge on any atom is 0.277 e. The molecule has 1 N–H and O–H groups in total. The number of amides is 1. The second-order valence-corrected chi connectivity index (χ2v) is 8.45. The molecule has 3 aromatic rings. The number of carbonyl (C=O) groups is 2. The Hall–Kier alpha value is -3.13. The van der Waals surface area contributed by atoms with E-state index in [4.69, 9.17) is 4.42 Å². The Morgan fingerprint density at radius 3 is 2.25 bits per heavy atom. The fourth-order valence-electron chi connectivity index (χ4n) is 3.03. The van der Waals surface area contributed by atoms with Crippen LogP contribution in [0.15, 0.2) is 58.2 Å². The molecule has 7 nitrogen and oxygen atoms in total. The molecule has 2 aromatic carbocycles. The van der Waals surface area contributed by atoms with Crippen LogP contribution < -0.4 is 10.2 Å². The highest BCUT2D eigenvalue weighted by Crippen LogP contribution is 2.26. The van der Waals surface area contributed by atoms with E-state index in [0.717, 1.165) is 24.3 Å². The summed E-state index contributed by atoms with van der Waals surface area (Å²) in [4.78, 5) is 26.5. The van der Waals surface area contributed by atoms with Gasteiger partial charge in [-0.25, -0.2) is 0 Å². The van der Waals surface area contributed by atoms with Crippen LogP contribution in [0.3, 0.4) is 0 Å². The third-order valence-electron chi connectivity index (χ3n) is 4.97. The van der Waals surface area contributed by atoms with Crippen molar-refractivity contribution in [3.05, 3.63) is 54.1 Å². The summed E-state index contributed by atoms with van der Waals surface area (Å²) in [5, 5.41) is 11.3. The fourth-order valence-corrected chi connectivity index (χ4v) is 3.68. The average Bonchev–Trinajstić information content (AvgIpc) is 3.28. The van der Waals surface area contributed by atoms with Crippen LogP contribution >= 0.6 is 11.8 Å². The molecular weight excluding hydrogens is 424 g/mol. The molecule has 0 aliphatic heterocycles. The zero-order valence-electron chi connectivity index (χ0n) is 18.8. The second kappa shape index (κ2) is 10.9. The second-order valence-electron chi connectivity index (χ2n) is 7.53. The van der Waals surface area contributed by atoms with Crippen LogP contribution in [-0.4, -0.2) is 40.7 Å². The van der Waals surface area contributed by atoms with Gasteiger partial charge in [-0.1, -0.05) is 25.6 Å². The van der Waals surface area contributed by atoms with Gasteiger partial charge in [0, 0.05) is 41.5 Å². The maximum atomic E-state index is 12.5. The van der Waals surface area contributed by atoms with E-state index >= 15 is 0 Å². The van der Waals surface area contributed by atoms with E-state index in [0.29, 0.717) is 22.4 Å². The highest BCUT2D eigenvalue weighted by Gasteiger charge is 2.14. The van der Waals surface area contributed by atoms with E-state index in [1.807, 2.05) is 38.1 Å². The monoisotopic (exact) mass is 452 g/mol. The first-order chi connectivity index (χ1) is 15.4. The summed E-state index contributed by atoms with van der Waals surface area (Å²) in [6.07, 6.45) is 0. The van der Waals surface area contributed by atoms with E-state index in [1.54, 1.807) is 24.3 Å². The van der Waals surface area contributed by atoms with E-state index in [9.17, 15) is 9.59 Å². The average molecular weight is 453 g/mol. The number of anilines is 2. The molecule has 8 heteroatoms. The highest BCUT2D eigenvalue weighted by atomic mass is 32.2. The zero-order chi connectivity index (χ0) is 23.1. The van der Waals surface area contributed by atoms with Gasteiger partial charge in [-0.05, 0) is 62.4 Å². The first-order valence-corrected chi connectivity index (χ1v) is 11.7. The van der Waals surface area contributed by atoms with Gasteiger partial charge in [0.1, 0.15) is 0 Å². The summed E-state index contributed by atoms with van der Waals surface area (Å²) in [6.45, 7) is 9.79. The van der Waals surface area contributed by atoms with Crippen molar-refractivity contribution in [1.29, 1.82) is 0 Å². The third kappa shape index (κ3) is 5.97. The van der Waals surface area contributed by atoms with Gasteiger partial charge in [-0.3, -0.25) is 9.59 Å². The number of ketones is 1. The van der Waals surface area contributed by atoms with Crippen LogP contribution in [0.25, 0.3) is 11.5 Å². The number of aromatic nitrogens is 2. The zero-order valence-corrected chi connectivity index (χ0v) is 19.6. The smallest absolute Gasteiger partial charge is 0.277 e. The van der Waals surface area contributed by atoms with E-state index < -0.39 is 0 Å². The van der Waals surface area contributed by atoms with Crippen molar-refractivity contribution in [1.82, 2.24) is 10.2 Å². The number of carbonyl (C=O) groups excluding carboxylic acids is 2. The first-order valence-electron chi connectivity index (χ1n) is 10.7. The van der Waals surface area contributed by atoms with Gasteiger partial charge < -0.3 is 14.6 Å². The van der Waals surface area contributed by atoms with Crippen molar-refractivity contribution in [2.75, 3.05) is 29.1 Å². The quantitative estimate of drug-likeness (QED) is 0.336. The van der Waals surface area contributed by atoms with Crippen LogP contribution in [0.1, 0.15) is 38.1 Å². The van der Waals surface area contributed by atoms with Gasteiger partial charge in [0.25, 0.3) is 5.22 Å². The Morgan fingerprint density at radius 2 is 1.66 bits per heavy atom. The van der Waals surface area contributed by atoms with E-state index in [1.165, 1.54) is 11.8 Å². The lowest BCUT2D eigenvalue weighted by molar-refractivity contribution is -0.118. The van der Waals surface area contributed by atoms with E-state index in [2.05, 4.69) is 34.3 Å². The third-order valence-corrected chi connectivity index (χ3v) is 5.79. The Bertz CT molecular complexity index is 1040. The lowest BCUT2D eigenvalue weighted by atomic mass is 10.1. The van der Waals surface area contributed by atoms with Crippen molar-refractivity contribution >= 4 is 34.8 Å². The normalized spacial score (nSPS) is 10.9. The minimum atomic E-state index is -0.104. The minimum Gasteiger partial charge on any atom is -0.411 e. The molecule has 0 spiro atoms. The van der Waals surface area contributed by atoms with Crippen molar-refractivity contribution in [2.45, 2.75) is 32.9 Å². The number of hydrogen-bond acceptors (Lipinski definition) is 7. The predicted molar refractivity (Wildman–Crippen MR) is 128 cm³/mol. The van der Waals surface area contributed by atoms with Crippen LogP contribution in [-0.2, 0) is 4.79 Å². The van der Waals surface area contributed by atoms with Crippen LogP contribution in [0.4, 0.5) is 11.4 Å². The molecule has 0 aliphatic rings. The standard InChI is InChI=1S/C24H28N4O3S/c1-5-28(6-2)20-13-9-18(10-14-20)23-26-27-24(31-23)32-15-21(29)17-7-11-19(12-8-17)25-22(30)16(3)4/h7-14,16H,5-6,15H2,1-4H3,(H,25,30). The molecular formula is C24H28N4O3S. The van der Waals surface area contributed by atoms with Gasteiger partial charge in [0.05, 0.1) is 5.75 Å². The first kappa shape index (κ1) is 23.5. The van der Waals surface area contributed by atoms with Crippen LogP contribution in [0.2, 0.25) is 0 Å². The van der Waals surface area contributed by atoms with Crippen molar-refractivity contribution in [2.24, 2.45) is 5.92 Å². The summed E-state index contributed by atoms with van der Waals surface area (Å²) in [5.41, 5.74) is 3.21. The van der Waals surface area contributed by atoms with Crippen molar-refractivity contribution in [3.8, 4) is 11.5 Å². The van der Waals surface area contributed by atoms with Gasteiger partial charge >= 0.3 is 0 Å². The molecule has 0 radical (unpaired) electrons. The number of Topliss-reactive ketones (excluding diaryl/α,β-unsaturated/α-hetero) is 1. The lowest BCUT2D eigenvalue weighted by Crippen LogP contribution is -2.21. The Labute approximate surface area is 192 Å². The van der Waals surface area contributed by atoms with Gasteiger partial charge in [0.2, 0.25) is 11.8 Å². The Balaban J connectivity index is 1.57. The van der Waals surface area contributed by atoms with Crippen molar-refractivity contribution < 1.29 is 14.0 Å². The summed E-state index contributed by atoms with van der Waals surface area (Å²) >= 11 is 1.21. The summed E-state index contributed by atoms with van der Waals surface area (Å²) in [5.74, 6) is 0.387. The minimum absolute atomic E-state index is 0.0555. The molecule has 0 saturated carbocycles. The largest absolute Gasteiger partial charge is 0.411 e. The molecule has 0 aliphatic carbocycles. The molecule has 1 amide bonds. The molecule has 0 unspecified atom stereocenters. The molecule has 32 heavy (non-hydrogen) atoms. The fraction of sp³-hybridized carbons (Fsp3) is 0.333. The number of rotatable bonds is 10. The molecule has 3 rings (SSSR count). The van der Waals surface area contributed by atoms with Crippen molar-refractivity contribution in [3.63, 3.8) is 0 Å².